The molecule has 1 saturated carbocycles. The highest BCUT2D eigenvalue weighted by Crippen LogP contribution is 2.45. The summed E-state index contributed by atoms with van der Waals surface area (Å²) in [6.45, 7) is 1.22. The number of hydrogen-bond donors (Lipinski definition) is 3. The van der Waals surface area contributed by atoms with Crippen molar-refractivity contribution in [2.75, 3.05) is 18.5 Å². The van der Waals surface area contributed by atoms with E-state index in [1.807, 2.05) is 17.8 Å². The van der Waals surface area contributed by atoms with Crippen molar-refractivity contribution < 1.29 is 14.4 Å². The van der Waals surface area contributed by atoms with Crippen LogP contribution in [0.25, 0.3) is 0 Å². The van der Waals surface area contributed by atoms with Crippen molar-refractivity contribution in [1.29, 1.82) is 0 Å². The van der Waals surface area contributed by atoms with E-state index in [9.17, 15) is 4.57 Å². The van der Waals surface area contributed by atoms with Crippen LogP contribution in [0.3, 0.4) is 0 Å². The Kier molecular flexibility index (Phi) is 10.2. The number of rotatable bonds is 13. The Labute approximate surface area is 201 Å². The van der Waals surface area contributed by atoms with Crippen molar-refractivity contribution in [3.05, 3.63) is 64.7 Å². The van der Waals surface area contributed by atoms with Crippen LogP contribution in [-0.2, 0) is 16.5 Å². The van der Waals surface area contributed by atoms with Gasteiger partial charge >= 0.3 is 7.60 Å². The summed E-state index contributed by atoms with van der Waals surface area (Å²) in [5.41, 5.74) is 3.00. The zero-order chi connectivity index (χ0) is 22.9. The molecule has 3 N–H and O–H groups in total. The first-order valence-corrected chi connectivity index (χ1v) is 14.8. The molecule has 2 aromatic rings. The highest BCUT2D eigenvalue weighted by Gasteiger charge is 2.34. The molecule has 1 aliphatic rings. The average molecular weight is 496 g/mol. The molecule has 0 unspecified atom stereocenters. The van der Waals surface area contributed by atoms with Gasteiger partial charge in [0.2, 0.25) is 0 Å². The lowest BCUT2D eigenvalue weighted by Gasteiger charge is -2.30. The second-order valence-electron chi connectivity index (χ2n) is 8.84. The smallest absolute Gasteiger partial charge is 0.324 e. The first-order chi connectivity index (χ1) is 15.4. The summed E-state index contributed by atoms with van der Waals surface area (Å²) in [7, 11) is -3.90. The van der Waals surface area contributed by atoms with E-state index in [0.29, 0.717) is 24.9 Å². The second kappa shape index (κ2) is 12.6. The molecule has 0 aliphatic heterocycles. The van der Waals surface area contributed by atoms with Crippen molar-refractivity contribution in [3.8, 4) is 0 Å². The van der Waals surface area contributed by atoms with Gasteiger partial charge in [0.15, 0.2) is 0 Å². The second-order valence-corrected chi connectivity index (χ2v) is 12.2. The number of benzene rings is 2. The topological polar surface area (TPSA) is 69.6 Å². The molecule has 0 aromatic heterocycles. The van der Waals surface area contributed by atoms with Gasteiger partial charge in [0.1, 0.15) is 0 Å². The van der Waals surface area contributed by atoms with E-state index in [4.69, 9.17) is 21.4 Å². The molecule has 0 amide bonds. The average Bonchev–Trinajstić information content (AvgIpc) is 3.24. The maximum Gasteiger partial charge on any atom is 0.325 e. The minimum Gasteiger partial charge on any atom is -0.324 e. The molecule has 0 heterocycles. The molecule has 4 nitrogen and oxygen atoms in total. The van der Waals surface area contributed by atoms with Gasteiger partial charge in [-0.3, -0.25) is 4.57 Å². The van der Waals surface area contributed by atoms with Crippen molar-refractivity contribution in [2.45, 2.75) is 68.2 Å². The van der Waals surface area contributed by atoms with Crippen molar-refractivity contribution in [3.63, 3.8) is 0 Å². The van der Waals surface area contributed by atoms with E-state index in [1.54, 1.807) is 0 Å². The van der Waals surface area contributed by atoms with Gasteiger partial charge in [-0.15, -0.1) is 11.8 Å². The minimum atomic E-state index is -3.90. The highest BCUT2D eigenvalue weighted by atomic mass is 35.5. The third-order valence-corrected chi connectivity index (χ3v) is 8.87. The molecular weight excluding hydrogens is 461 g/mol. The number of halogens is 1. The number of thioether (sulfide) groups is 1. The van der Waals surface area contributed by atoms with Crippen molar-refractivity contribution >= 4 is 31.0 Å². The molecule has 176 valence electrons. The van der Waals surface area contributed by atoms with Crippen LogP contribution in [-0.4, -0.2) is 28.2 Å². The van der Waals surface area contributed by atoms with Crippen LogP contribution in [0, 0.1) is 0 Å². The number of nitrogens with one attached hydrogen (secondary N) is 1. The van der Waals surface area contributed by atoms with Crippen LogP contribution in [0.2, 0.25) is 5.02 Å². The Morgan fingerprint density at radius 3 is 2.47 bits per heavy atom. The normalized spacial score (nSPS) is 15.8. The standard InChI is InChI=1S/C25H35ClNO3PS/c26-23-19-21(20-27-16-8-17-31(28,29)30)11-12-24(23)32-18-7-6-15-25(13-4-5-14-25)22-9-2-1-3-10-22/h1-3,9-12,19,27H,4-8,13-18,20H2,(H2,28,29,30). The lowest BCUT2D eigenvalue weighted by Crippen LogP contribution is -2.21. The van der Waals surface area contributed by atoms with Gasteiger partial charge in [-0.25, -0.2) is 0 Å². The van der Waals surface area contributed by atoms with Gasteiger partial charge in [-0.1, -0.05) is 67.3 Å². The summed E-state index contributed by atoms with van der Waals surface area (Å²) in [5, 5.41) is 3.99. The summed E-state index contributed by atoms with van der Waals surface area (Å²) >= 11 is 8.33. The Balaban J connectivity index is 1.38. The van der Waals surface area contributed by atoms with Gasteiger partial charge in [0.05, 0.1) is 11.2 Å². The van der Waals surface area contributed by atoms with E-state index in [1.165, 1.54) is 50.5 Å². The van der Waals surface area contributed by atoms with Crippen LogP contribution in [0.15, 0.2) is 53.4 Å². The maximum atomic E-state index is 10.9. The van der Waals surface area contributed by atoms with E-state index in [-0.39, 0.29) is 6.16 Å². The molecule has 1 fully saturated rings. The fourth-order valence-corrected chi connectivity index (χ4v) is 6.55. The van der Waals surface area contributed by atoms with Gasteiger partial charge in [-0.2, -0.15) is 0 Å². The summed E-state index contributed by atoms with van der Waals surface area (Å²) in [4.78, 5) is 18.9. The van der Waals surface area contributed by atoms with Crippen LogP contribution < -0.4 is 5.32 Å². The first kappa shape index (κ1) is 25.8. The summed E-state index contributed by atoms with van der Waals surface area (Å²) < 4.78 is 10.9. The van der Waals surface area contributed by atoms with E-state index in [2.05, 4.69) is 47.8 Å². The molecule has 0 bridgehead atoms. The van der Waals surface area contributed by atoms with Crippen molar-refractivity contribution in [2.24, 2.45) is 0 Å². The predicted octanol–water partition coefficient (Wildman–Crippen LogP) is 6.77. The third kappa shape index (κ3) is 8.20. The van der Waals surface area contributed by atoms with Crippen LogP contribution in [0.1, 0.15) is 62.5 Å². The number of hydrogen-bond acceptors (Lipinski definition) is 3. The predicted molar refractivity (Wildman–Crippen MR) is 136 cm³/mol. The minimum absolute atomic E-state index is 0.0806. The highest BCUT2D eigenvalue weighted by molar-refractivity contribution is 7.99. The van der Waals surface area contributed by atoms with Gasteiger partial charge in [0, 0.05) is 11.4 Å². The quantitative estimate of drug-likeness (QED) is 0.162. The monoisotopic (exact) mass is 495 g/mol. The lowest BCUT2D eigenvalue weighted by molar-refractivity contribution is 0.371. The maximum absolute atomic E-state index is 10.9. The fraction of sp³-hybridized carbons (Fsp3) is 0.520. The largest absolute Gasteiger partial charge is 0.325 e. The third-order valence-electron chi connectivity index (χ3n) is 6.38. The molecule has 1 aliphatic carbocycles. The van der Waals surface area contributed by atoms with E-state index < -0.39 is 7.60 Å². The lowest BCUT2D eigenvalue weighted by atomic mass is 9.75. The molecule has 0 saturated heterocycles. The molecular formula is C25H35ClNO3PS. The van der Waals surface area contributed by atoms with Crippen LogP contribution in [0.5, 0.6) is 0 Å². The molecule has 3 rings (SSSR count). The fourth-order valence-electron chi connectivity index (χ4n) is 4.69. The van der Waals surface area contributed by atoms with E-state index >= 15 is 0 Å². The Morgan fingerprint density at radius 2 is 1.78 bits per heavy atom. The Bertz CT molecular complexity index is 884. The molecule has 2 aromatic carbocycles. The van der Waals surface area contributed by atoms with Gasteiger partial charge in [-0.05, 0) is 73.1 Å². The number of unbranched alkanes of at least 4 members (excludes halogenated alkanes) is 1. The molecule has 0 spiro atoms. The zero-order valence-corrected chi connectivity index (χ0v) is 21.1. The summed E-state index contributed by atoms with van der Waals surface area (Å²) in [6.07, 6.45) is 9.44. The van der Waals surface area contributed by atoms with Gasteiger partial charge < -0.3 is 15.1 Å². The van der Waals surface area contributed by atoms with Crippen molar-refractivity contribution in [1.82, 2.24) is 5.32 Å². The summed E-state index contributed by atoms with van der Waals surface area (Å²) in [6, 6.07) is 17.2. The van der Waals surface area contributed by atoms with Crippen LogP contribution >= 0.6 is 31.0 Å². The zero-order valence-electron chi connectivity index (χ0n) is 18.6. The Morgan fingerprint density at radius 1 is 1.03 bits per heavy atom. The molecule has 0 radical (unpaired) electrons. The van der Waals surface area contributed by atoms with E-state index in [0.717, 1.165) is 21.2 Å². The molecule has 7 heteroatoms. The molecule has 32 heavy (non-hydrogen) atoms. The molecule has 0 atom stereocenters. The summed E-state index contributed by atoms with van der Waals surface area (Å²) in [5.74, 6) is 1.07. The SMILES string of the molecule is O=P(O)(O)CCCNCc1ccc(SCCCCC2(c3ccccc3)CCCC2)c(Cl)c1. The Hall–Kier alpha value is -0.810. The first-order valence-electron chi connectivity index (χ1n) is 11.6. The van der Waals surface area contributed by atoms with Crippen LogP contribution in [0.4, 0.5) is 0 Å². The van der Waals surface area contributed by atoms with Gasteiger partial charge in [0.25, 0.3) is 0 Å².